The van der Waals surface area contributed by atoms with Crippen molar-refractivity contribution in [1.29, 1.82) is 0 Å². The molecular weight excluding hydrogens is 332 g/mol. The lowest BCUT2D eigenvalue weighted by atomic mass is 9.84. The molecule has 148 valence electrons. The van der Waals surface area contributed by atoms with E-state index in [1.54, 1.807) is 0 Å². The number of amides is 1. The van der Waals surface area contributed by atoms with Crippen LogP contribution in [0, 0.1) is 11.8 Å². The van der Waals surface area contributed by atoms with Crippen LogP contribution in [-0.2, 0) is 0 Å². The molecule has 0 heterocycles. The maximum absolute atomic E-state index is 12.9. The Bertz CT molecular complexity index is 624. The van der Waals surface area contributed by atoms with Gasteiger partial charge in [0.15, 0.2) is 0 Å². The van der Waals surface area contributed by atoms with Crippen molar-refractivity contribution in [3.63, 3.8) is 0 Å². The summed E-state index contributed by atoms with van der Waals surface area (Å²) in [6.07, 6.45) is 12.9. The van der Waals surface area contributed by atoms with Crippen LogP contribution in [0.3, 0.4) is 0 Å². The number of hydrogen-bond acceptors (Lipinski definition) is 2. The minimum Gasteiger partial charge on any atom is -0.359 e. The standard InChI is InChI=1S/C24H36N2O/c1-18(17-20-9-7-8-10-20)25-23-15-13-22(14-16-23)24(27)26(3)19(2)21-11-5-4-6-12-21/h13-16,19-21,25H,1,4-12,17H2,2-3H3. The average Bonchev–Trinajstić information content (AvgIpc) is 3.20. The lowest BCUT2D eigenvalue weighted by Gasteiger charge is -2.34. The van der Waals surface area contributed by atoms with E-state index in [2.05, 4.69) is 18.8 Å². The molecule has 1 aromatic carbocycles. The molecule has 0 aromatic heterocycles. The van der Waals surface area contributed by atoms with E-state index in [1.165, 1.54) is 57.8 Å². The molecule has 1 aromatic rings. The first kappa shape index (κ1) is 20.0. The van der Waals surface area contributed by atoms with Gasteiger partial charge in [-0.1, -0.05) is 51.5 Å². The van der Waals surface area contributed by atoms with Crippen LogP contribution in [0.25, 0.3) is 0 Å². The van der Waals surface area contributed by atoms with Gasteiger partial charge in [-0.25, -0.2) is 0 Å². The highest BCUT2D eigenvalue weighted by atomic mass is 16.2. The molecule has 1 unspecified atom stereocenters. The number of hydrogen-bond donors (Lipinski definition) is 1. The van der Waals surface area contributed by atoms with Gasteiger partial charge in [-0.3, -0.25) is 4.79 Å². The van der Waals surface area contributed by atoms with E-state index in [0.717, 1.165) is 29.3 Å². The summed E-state index contributed by atoms with van der Waals surface area (Å²) >= 11 is 0. The number of rotatable bonds is 7. The highest BCUT2D eigenvalue weighted by Gasteiger charge is 2.26. The van der Waals surface area contributed by atoms with Gasteiger partial charge >= 0.3 is 0 Å². The Morgan fingerprint density at radius 1 is 1.07 bits per heavy atom. The van der Waals surface area contributed by atoms with E-state index in [0.29, 0.717) is 12.0 Å². The molecule has 27 heavy (non-hydrogen) atoms. The van der Waals surface area contributed by atoms with E-state index in [4.69, 9.17) is 0 Å². The molecule has 0 radical (unpaired) electrons. The fraction of sp³-hybridized carbons (Fsp3) is 0.625. The number of carbonyl (C=O) groups excluding carboxylic acids is 1. The van der Waals surface area contributed by atoms with E-state index in [1.807, 2.05) is 36.2 Å². The van der Waals surface area contributed by atoms with Gasteiger partial charge in [0.25, 0.3) is 5.91 Å². The van der Waals surface area contributed by atoms with Crippen LogP contribution in [0.1, 0.15) is 81.5 Å². The van der Waals surface area contributed by atoms with Crippen molar-refractivity contribution in [2.45, 2.75) is 77.2 Å². The third-order valence-electron chi connectivity index (χ3n) is 6.73. The predicted molar refractivity (Wildman–Crippen MR) is 114 cm³/mol. The summed E-state index contributed by atoms with van der Waals surface area (Å²) in [4.78, 5) is 14.8. The van der Waals surface area contributed by atoms with Gasteiger partial charge in [0.2, 0.25) is 0 Å². The number of allylic oxidation sites excluding steroid dienone is 1. The lowest BCUT2D eigenvalue weighted by Crippen LogP contribution is -2.40. The van der Waals surface area contributed by atoms with E-state index < -0.39 is 0 Å². The molecule has 1 N–H and O–H groups in total. The van der Waals surface area contributed by atoms with Crippen LogP contribution in [0.5, 0.6) is 0 Å². The molecule has 0 aliphatic heterocycles. The second-order valence-electron chi connectivity index (χ2n) is 8.72. The normalized spacial score (nSPS) is 19.6. The van der Waals surface area contributed by atoms with Crippen LogP contribution in [-0.4, -0.2) is 23.9 Å². The Kier molecular flexibility index (Phi) is 6.98. The fourth-order valence-corrected chi connectivity index (χ4v) is 4.84. The average molecular weight is 369 g/mol. The Hall–Kier alpha value is -1.77. The molecule has 0 spiro atoms. The van der Waals surface area contributed by atoms with Crippen LogP contribution in [0.4, 0.5) is 5.69 Å². The van der Waals surface area contributed by atoms with Gasteiger partial charge in [0.1, 0.15) is 0 Å². The number of nitrogens with one attached hydrogen (secondary N) is 1. The first-order chi connectivity index (χ1) is 13.0. The topological polar surface area (TPSA) is 32.3 Å². The smallest absolute Gasteiger partial charge is 0.253 e. The van der Waals surface area contributed by atoms with Crippen molar-refractivity contribution >= 4 is 11.6 Å². The monoisotopic (exact) mass is 368 g/mol. The number of carbonyl (C=O) groups is 1. The Morgan fingerprint density at radius 3 is 2.30 bits per heavy atom. The highest BCUT2D eigenvalue weighted by Crippen LogP contribution is 2.31. The van der Waals surface area contributed by atoms with Crippen molar-refractivity contribution in [2.24, 2.45) is 11.8 Å². The summed E-state index contributed by atoms with van der Waals surface area (Å²) in [5.41, 5.74) is 2.88. The van der Waals surface area contributed by atoms with Crippen molar-refractivity contribution in [2.75, 3.05) is 12.4 Å². The van der Waals surface area contributed by atoms with Crippen molar-refractivity contribution in [1.82, 2.24) is 4.90 Å². The molecule has 2 fully saturated rings. The number of nitrogens with zero attached hydrogens (tertiary/aromatic N) is 1. The molecule has 3 heteroatoms. The quantitative estimate of drug-likeness (QED) is 0.618. The van der Waals surface area contributed by atoms with Gasteiger partial charge < -0.3 is 10.2 Å². The molecular formula is C24H36N2O. The number of anilines is 1. The van der Waals surface area contributed by atoms with Crippen molar-refractivity contribution < 1.29 is 4.79 Å². The van der Waals surface area contributed by atoms with Crippen molar-refractivity contribution in [3.05, 3.63) is 42.1 Å². The third kappa shape index (κ3) is 5.37. The second-order valence-corrected chi connectivity index (χ2v) is 8.72. The zero-order chi connectivity index (χ0) is 19.2. The molecule has 2 aliphatic rings. The molecule has 3 rings (SSSR count). The van der Waals surface area contributed by atoms with Crippen LogP contribution >= 0.6 is 0 Å². The first-order valence-electron chi connectivity index (χ1n) is 10.9. The van der Waals surface area contributed by atoms with Gasteiger partial charge in [-0.05, 0) is 62.3 Å². The SMILES string of the molecule is C=C(CC1CCCC1)Nc1ccc(C(=O)N(C)C(C)C2CCCCC2)cc1. The van der Waals surface area contributed by atoms with Crippen LogP contribution in [0.2, 0.25) is 0 Å². The minimum atomic E-state index is 0.129. The van der Waals surface area contributed by atoms with E-state index in [9.17, 15) is 4.79 Å². The highest BCUT2D eigenvalue weighted by molar-refractivity contribution is 5.94. The molecule has 2 aliphatic carbocycles. The summed E-state index contributed by atoms with van der Waals surface area (Å²) in [7, 11) is 1.96. The van der Waals surface area contributed by atoms with Gasteiger partial charge in [0.05, 0.1) is 0 Å². The van der Waals surface area contributed by atoms with Crippen LogP contribution < -0.4 is 5.32 Å². The molecule has 3 nitrogen and oxygen atoms in total. The Balaban J connectivity index is 1.53. The maximum atomic E-state index is 12.9. The van der Waals surface area contributed by atoms with E-state index in [-0.39, 0.29) is 5.91 Å². The van der Waals surface area contributed by atoms with Gasteiger partial charge in [0, 0.05) is 30.0 Å². The minimum absolute atomic E-state index is 0.129. The second kappa shape index (κ2) is 9.43. The third-order valence-corrected chi connectivity index (χ3v) is 6.73. The Morgan fingerprint density at radius 2 is 1.67 bits per heavy atom. The van der Waals surface area contributed by atoms with Gasteiger partial charge in [-0.2, -0.15) is 0 Å². The summed E-state index contributed by atoms with van der Waals surface area (Å²) < 4.78 is 0. The zero-order valence-electron chi connectivity index (χ0n) is 17.2. The maximum Gasteiger partial charge on any atom is 0.253 e. The fourth-order valence-electron chi connectivity index (χ4n) is 4.84. The van der Waals surface area contributed by atoms with E-state index >= 15 is 0 Å². The zero-order valence-corrected chi connectivity index (χ0v) is 17.2. The molecule has 0 saturated heterocycles. The molecule has 0 bridgehead atoms. The first-order valence-corrected chi connectivity index (χ1v) is 10.9. The summed E-state index contributed by atoms with van der Waals surface area (Å²) in [5, 5.41) is 3.42. The lowest BCUT2D eigenvalue weighted by molar-refractivity contribution is 0.0665. The molecule has 2 saturated carbocycles. The summed E-state index contributed by atoms with van der Waals surface area (Å²) in [6, 6.07) is 8.20. The summed E-state index contributed by atoms with van der Waals surface area (Å²) in [5.74, 6) is 1.57. The van der Waals surface area contributed by atoms with Crippen LogP contribution in [0.15, 0.2) is 36.5 Å². The predicted octanol–water partition coefficient (Wildman–Crippen LogP) is 6.23. The summed E-state index contributed by atoms with van der Waals surface area (Å²) in [6.45, 7) is 6.39. The number of benzene rings is 1. The largest absolute Gasteiger partial charge is 0.359 e. The molecule has 1 atom stereocenters. The van der Waals surface area contributed by atoms with Gasteiger partial charge in [-0.15, -0.1) is 0 Å². The molecule has 1 amide bonds. The van der Waals surface area contributed by atoms with Crippen molar-refractivity contribution in [3.8, 4) is 0 Å². The Labute approximate surface area is 165 Å².